The van der Waals surface area contributed by atoms with Gasteiger partial charge in [0.05, 0.1) is 5.69 Å². The van der Waals surface area contributed by atoms with Crippen LogP contribution in [0.1, 0.15) is 11.1 Å². The second-order valence-corrected chi connectivity index (χ2v) is 4.92. The summed E-state index contributed by atoms with van der Waals surface area (Å²) in [6.45, 7) is 2.72. The average Bonchev–Trinajstić information content (AvgIpc) is 2.83. The molecule has 3 aromatic rings. The Labute approximate surface area is 116 Å². The van der Waals surface area contributed by atoms with Gasteiger partial charge in [0, 0.05) is 29.8 Å². The Morgan fingerprint density at radius 3 is 3.05 bits per heavy atom. The Bertz CT molecular complexity index is 718. The molecule has 4 heteroatoms. The van der Waals surface area contributed by atoms with Gasteiger partial charge in [-0.3, -0.25) is 0 Å². The third kappa shape index (κ3) is 2.42. The molecule has 0 fully saturated rings. The number of pyridine rings is 1. The summed E-state index contributed by atoms with van der Waals surface area (Å²) in [4.78, 5) is 7.40. The van der Waals surface area contributed by atoms with Gasteiger partial charge in [-0.15, -0.1) is 0 Å². The Morgan fingerprint density at radius 2 is 2.16 bits per heavy atom. The summed E-state index contributed by atoms with van der Waals surface area (Å²) in [5.74, 6) is 0. The molecule has 3 nitrogen and oxygen atoms in total. The zero-order chi connectivity index (χ0) is 13.2. The molecule has 0 bridgehead atoms. The van der Waals surface area contributed by atoms with Crippen LogP contribution >= 0.6 is 11.6 Å². The van der Waals surface area contributed by atoms with E-state index in [4.69, 9.17) is 11.6 Å². The SMILES string of the molecule is Cc1cnc(Cl)c(NCc2c[nH]c3ccccc23)c1. The first kappa shape index (κ1) is 12.1. The van der Waals surface area contributed by atoms with Crippen molar-refractivity contribution in [1.82, 2.24) is 9.97 Å². The van der Waals surface area contributed by atoms with E-state index in [1.807, 2.05) is 31.3 Å². The van der Waals surface area contributed by atoms with Crippen molar-refractivity contribution in [3.05, 3.63) is 59.0 Å². The number of hydrogen-bond donors (Lipinski definition) is 2. The fourth-order valence-electron chi connectivity index (χ4n) is 2.14. The van der Waals surface area contributed by atoms with E-state index in [1.54, 1.807) is 6.20 Å². The summed E-state index contributed by atoms with van der Waals surface area (Å²) >= 11 is 6.07. The molecule has 0 aliphatic carbocycles. The first-order chi connectivity index (χ1) is 9.24. The van der Waals surface area contributed by atoms with Gasteiger partial charge in [0.2, 0.25) is 0 Å². The molecule has 0 aliphatic rings. The van der Waals surface area contributed by atoms with E-state index in [1.165, 1.54) is 10.9 Å². The lowest BCUT2D eigenvalue weighted by Gasteiger charge is -2.08. The molecule has 2 aromatic heterocycles. The largest absolute Gasteiger partial charge is 0.378 e. The maximum atomic E-state index is 6.07. The smallest absolute Gasteiger partial charge is 0.152 e. The number of hydrogen-bond acceptors (Lipinski definition) is 2. The second kappa shape index (κ2) is 4.94. The number of aryl methyl sites for hydroxylation is 1. The molecule has 0 radical (unpaired) electrons. The normalized spacial score (nSPS) is 10.8. The van der Waals surface area contributed by atoms with Gasteiger partial charge in [-0.05, 0) is 30.2 Å². The molecule has 0 saturated heterocycles. The number of halogens is 1. The Kier molecular flexibility index (Phi) is 3.13. The van der Waals surface area contributed by atoms with Crippen molar-refractivity contribution in [3.63, 3.8) is 0 Å². The molecule has 0 saturated carbocycles. The number of aromatic amines is 1. The number of aromatic nitrogens is 2. The van der Waals surface area contributed by atoms with Crippen LogP contribution in [0.5, 0.6) is 0 Å². The van der Waals surface area contributed by atoms with Gasteiger partial charge >= 0.3 is 0 Å². The lowest BCUT2D eigenvalue weighted by molar-refractivity contribution is 1.14. The summed E-state index contributed by atoms with van der Waals surface area (Å²) in [6, 6.07) is 10.3. The predicted octanol–water partition coefficient (Wildman–Crippen LogP) is 4.14. The number of anilines is 1. The van der Waals surface area contributed by atoms with Gasteiger partial charge in [-0.2, -0.15) is 0 Å². The lowest BCUT2D eigenvalue weighted by atomic mass is 10.2. The highest BCUT2D eigenvalue weighted by atomic mass is 35.5. The van der Waals surface area contributed by atoms with E-state index < -0.39 is 0 Å². The zero-order valence-corrected chi connectivity index (χ0v) is 11.3. The summed E-state index contributed by atoms with van der Waals surface area (Å²) in [5.41, 5.74) is 4.32. The highest BCUT2D eigenvalue weighted by molar-refractivity contribution is 6.31. The van der Waals surface area contributed by atoms with E-state index in [2.05, 4.69) is 27.4 Å². The van der Waals surface area contributed by atoms with Gasteiger partial charge in [0.15, 0.2) is 5.15 Å². The van der Waals surface area contributed by atoms with E-state index >= 15 is 0 Å². The third-order valence-corrected chi connectivity index (χ3v) is 3.42. The van der Waals surface area contributed by atoms with Crippen molar-refractivity contribution >= 4 is 28.2 Å². The van der Waals surface area contributed by atoms with Crippen molar-refractivity contribution in [2.24, 2.45) is 0 Å². The van der Waals surface area contributed by atoms with Crippen LogP contribution in [-0.4, -0.2) is 9.97 Å². The van der Waals surface area contributed by atoms with Crippen molar-refractivity contribution < 1.29 is 0 Å². The van der Waals surface area contributed by atoms with E-state index in [-0.39, 0.29) is 0 Å². The van der Waals surface area contributed by atoms with Crippen molar-refractivity contribution in [2.75, 3.05) is 5.32 Å². The summed E-state index contributed by atoms with van der Waals surface area (Å²) < 4.78 is 0. The molecule has 0 atom stereocenters. The average molecular weight is 272 g/mol. The van der Waals surface area contributed by atoms with Crippen LogP contribution in [0.25, 0.3) is 10.9 Å². The Morgan fingerprint density at radius 1 is 1.32 bits per heavy atom. The molecule has 2 N–H and O–H groups in total. The van der Waals surface area contributed by atoms with Crippen LogP contribution < -0.4 is 5.32 Å². The Balaban J connectivity index is 1.84. The summed E-state index contributed by atoms with van der Waals surface area (Å²) in [6.07, 6.45) is 3.79. The predicted molar refractivity (Wildman–Crippen MR) is 79.6 cm³/mol. The van der Waals surface area contributed by atoms with E-state index in [0.717, 1.165) is 23.3 Å². The first-order valence-electron chi connectivity index (χ1n) is 6.15. The number of benzene rings is 1. The monoisotopic (exact) mass is 271 g/mol. The quantitative estimate of drug-likeness (QED) is 0.703. The fraction of sp³-hybridized carbons (Fsp3) is 0.133. The minimum absolute atomic E-state index is 0.505. The lowest BCUT2D eigenvalue weighted by Crippen LogP contribution is -2.00. The minimum Gasteiger partial charge on any atom is -0.378 e. The molecule has 0 amide bonds. The topological polar surface area (TPSA) is 40.7 Å². The highest BCUT2D eigenvalue weighted by Crippen LogP contribution is 2.23. The van der Waals surface area contributed by atoms with Gasteiger partial charge in [0.25, 0.3) is 0 Å². The van der Waals surface area contributed by atoms with Crippen molar-refractivity contribution in [1.29, 1.82) is 0 Å². The number of fused-ring (bicyclic) bond motifs is 1. The molecule has 96 valence electrons. The third-order valence-electron chi connectivity index (χ3n) is 3.12. The van der Waals surface area contributed by atoms with Crippen LogP contribution in [-0.2, 0) is 6.54 Å². The van der Waals surface area contributed by atoms with Crippen LogP contribution in [0.15, 0.2) is 42.7 Å². The number of nitrogens with zero attached hydrogens (tertiary/aromatic N) is 1. The molecule has 0 unspecified atom stereocenters. The molecular weight excluding hydrogens is 258 g/mol. The second-order valence-electron chi connectivity index (χ2n) is 4.56. The number of para-hydroxylation sites is 1. The molecule has 0 aliphatic heterocycles. The Hall–Kier alpha value is -2.00. The summed E-state index contributed by atoms with van der Waals surface area (Å²) in [5, 5.41) is 5.07. The van der Waals surface area contributed by atoms with Crippen LogP contribution in [0.3, 0.4) is 0 Å². The molecule has 1 aromatic carbocycles. The van der Waals surface area contributed by atoms with Crippen molar-refractivity contribution in [3.8, 4) is 0 Å². The van der Waals surface area contributed by atoms with Crippen LogP contribution in [0, 0.1) is 6.92 Å². The van der Waals surface area contributed by atoms with E-state index in [9.17, 15) is 0 Å². The molecule has 3 rings (SSSR count). The summed E-state index contributed by atoms with van der Waals surface area (Å²) in [7, 11) is 0. The fourth-order valence-corrected chi connectivity index (χ4v) is 2.31. The van der Waals surface area contributed by atoms with Crippen LogP contribution in [0.4, 0.5) is 5.69 Å². The highest BCUT2D eigenvalue weighted by Gasteiger charge is 2.05. The number of nitrogens with one attached hydrogen (secondary N) is 2. The van der Waals surface area contributed by atoms with Gasteiger partial charge in [0.1, 0.15) is 0 Å². The number of rotatable bonds is 3. The molecule has 0 spiro atoms. The van der Waals surface area contributed by atoms with E-state index in [0.29, 0.717) is 5.15 Å². The maximum Gasteiger partial charge on any atom is 0.152 e. The standard InChI is InChI=1S/C15H14ClN3/c1-10-6-14(15(16)19-7-10)18-9-11-8-17-13-5-3-2-4-12(11)13/h2-8,17-18H,9H2,1H3. The van der Waals surface area contributed by atoms with Gasteiger partial charge in [-0.1, -0.05) is 29.8 Å². The number of H-pyrrole nitrogens is 1. The van der Waals surface area contributed by atoms with Crippen molar-refractivity contribution in [2.45, 2.75) is 13.5 Å². The molecular formula is C15H14ClN3. The van der Waals surface area contributed by atoms with Gasteiger partial charge < -0.3 is 10.3 Å². The zero-order valence-electron chi connectivity index (χ0n) is 10.6. The maximum absolute atomic E-state index is 6.07. The van der Waals surface area contributed by atoms with Crippen LogP contribution in [0.2, 0.25) is 5.15 Å². The molecule has 2 heterocycles. The first-order valence-corrected chi connectivity index (χ1v) is 6.53. The molecule has 19 heavy (non-hydrogen) atoms. The van der Waals surface area contributed by atoms with Gasteiger partial charge in [-0.25, -0.2) is 4.98 Å². The minimum atomic E-state index is 0.505.